The van der Waals surface area contributed by atoms with Crippen molar-refractivity contribution in [3.63, 3.8) is 0 Å². The predicted molar refractivity (Wildman–Crippen MR) is 81.5 cm³/mol. The molecule has 1 aliphatic carbocycles. The van der Waals surface area contributed by atoms with E-state index >= 15 is 0 Å². The number of nitrogens with one attached hydrogen (secondary N) is 1. The molecule has 22 heavy (non-hydrogen) atoms. The quantitative estimate of drug-likeness (QED) is 0.874. The summed E-state index contributed by atoms with van der Waals surface area (Å²) in [5, 5.41) is 13.0. The van der Waals surface area contributed by atoms with Crippen LogP contribution < -0.4 is 11.1 Å². The number of rotatable bonds is 5. The van der Waals surface area contributed by atoms with Gasteiger partial charge >= 0.3 is 5.76 Å². The maximum Gasteiger partial charge on any atom is 0.419 e. The molecule has 0 unspecified atom stereocenters. The molecule has 1 aromatic heterocycles. The van der Waals surface area contributed by atoms with Gasteiger partial charge in [-0.2, -0.15) is 0 Å². The average molecular weight is 304 g/mol. The summed E-state index contributed by atoms with van der Waals surface area (Å²) in [6.07, 6.45) is 3.66. The van der Waals surface area contributed by atoms with Crippen LogP contribution in [-0.4, -0.2) is 27.7 Å². The Bertz CT molecular complexity index is 725. The first-order valence-electron chi connectivity index (χ1n) is 7.65. The number of nitrogens with zero attached hydrogens (tertiary/aromatic N) is 1. The predicted octanol–water partition coefficient (Wildman–Crippen LogP) is 1.41. The van der Waals surface area contributed by atoms with Gasteiger partial charge < -0.3 is 14.8 Å². The van der Waals surface area contributed by atoms with Crippen LogP contribution in [0.15, 0.2) is 33.5 Å². The van der Waals surface area contributed by atoms with Crippen LogP contribution in [0, 0.1) is 0 Å². The van der Waals surface area contributed by atoms with Gasteiger partial charge in [0, 0.05) is 19.5 Å². The van der Waals surface area contributed by atoms with E-state index < -0.39 is 11.4 Å². The minimum absolute atomic E-state index is 0.169. The van der Waals surface area contributed by atoms with Crippen molar-refractivity contribution in [2.24, 2.45) is 0 Å². The molecule has 1 aromatic carbocycles. The van der Waals surface area contributed by atoms with Gasteiger partial charge in [-0.25, -0.2) is 4.79 Å². The summed E-state index contributed by atoms with van der Waals surface area (Å²) in [7, 11) is 0. The van der Waals surface area contributed by atoms with Gasteiger partial charge in [0.1, 0.15) is 0 Å². The monoisotopic (exact) mass is 304 g/mol. The number of carbonyl (C=O) groups excluding carboxylic acids is 1. The molecule has 0 radical (unpaired) electrons. The smallest absolute Gasteiger partial charge is 0.408 e. The second kappa shape index (κ2) is 5.96. The Hall–Kier alpha value is -2.08. The number of aryl methyl sites for hydroxylation is 1. The van der Waals surface area contributed by atoms with Crippen molar-refractivity contribution in [1.82, 2.24) is 9.88 Å². The largest absolute Gasteiger partial charge is 0.419 e. The van der Waals surface area contributed by atoms with Crippen molar-refractivity contribution in [3.8, 4) is 0 Å². The van der Waals surface area contributed by atoms with Crippen LogP contribution >= 0.6 is 0 Å². The molecule has 118 valence electrons. The van der Waals surface area contributed by atoms with Crippen LogP contribution in [-0.2, 0) is 11.3 Å². The van der Waals surface area contributed by atoms with E-state index in [0.29, 0.717) is 11.1 Å². The molecule has 0 spiro atoms. The summed E-state index contributed by atoms with van der Waals surface area (Å²) in [6.45, 7) is 0.549. The number of hydrogen-bond donors (Lipinski definition) is 2. The van der Waals surface area contributed by atoms with E-state index in [-0.39, 0.29) is 25.4 Å². The number of hydrogen-bond acceptors (Lipinski definition) is 4. The summed E-state index contributed by atoms with van der Waals surface area (Å²) in [5.41, 5.74) is 0.456. The first-order chi connectivity index (χ1) is 10.6. The number of carbonyl (C=O) groups is 1. The Kier molecular flexibility index (Phi) is 4.02. The van der Waals surface area contributed by atoms with Crippen LogP contribution in [0.2, 0.25) is 0 Å². The third kappa shape index (κ3) is 3.06. The molecule has 1 fully saturated rings. The first kappa shape index (κ1) is 14.8. The summed E-state index contributed by atoms with van der Waals surface area (Å²) in [6, 6.07) is 7.14. The van der Waals surface area contributed by atoms with Gasteiger partial charge in [-0.05, 0) is 25.0 Å². The Morgan fingerprint density at radius 1 is 1.32 bits per heavy atom. The molecule has 2 N–H and O–H groups in total. The lowest BCUT2D eigenvalue weighted by Crippen LogP contribution is -2.41. The molecule has 3 rings (SSSR count). The Morgan fingerprint density at radius 3 is 2.82 bits per heavy atom. The molecule has 6 heteroatoms. The second-order valence-electron chi connectivity index (χ2n) is 5.95. The van der Waals surface area contributed by atoms with Crippen molar-refractivity contribution < 1.29 is 14.3 Å². The Balaban J connectivity index is 1.58. The molecule has 1 saturated carbocycles. The summed E-state index contributed by atoms with van der Waals surface area (Å²) in [5.74, 6) is -0.624. The average Bonchev–Trinajstić information content (AvgIpc) is 3.07. The zero-order valence-electron chi connectivity index (χ0n) is 12.4. The molecule has 0 saturated heterocycles. The summed E-state index contributed by atoms with van der Waals surface area (Å²) in [4.78, 5) is 23.7. The van der Waals surface area contributed by atoms with E-state index in [4.69, 9.17) is 4.42 Å². The molecular weight excluding hydrogens is 284 g/mol. The van der Waals surface area contributed by atoms with E-state index in [1.807, 2.05) is 6.07 Å². The van der Waals surface area contributed by atoms with Crippen LogP contribution in [0.4, 0.5) is 0 Å². The van der Waals surface area contributed by atoms with Gasteiger partial charge in [0.05, 0.1) is 11.1 Å². The van der Waals surface area contributed by atoms with Crippen molar-refractivity contribution in [1.29, 1.82) is 0 Å². The van der Waals surface area contributed by atoms with Gasteiger partial charge in [-0.3, -0.25) is 9.36 Å². The molecular formula is C16H20N2O4. The maximum absolute atomic E-state index is 11.9. The molecule has 0 aliphatic heterocycles. The highest BCUT2D eigenvalue weighted by Crippen LogP contribution is 2.28. The summed E-state index contributed by atoms with van der Waals surface area (Å²) >= 11 is 0. The molecule has 1 aliphatic rings. The topological polar surface area (TPSA) is 84.5 Å². The number of oxazole rings is 1. The normalized spacial score (nSPS) is 17.0. The second-order valence-corrected chi connectivity index (χ2v) is 5.95. The molecule has 0 bridgehead atoms. The lowest BCUT2D eigenvalue weighted by Gasteiger charge is -2.22. The lowest BCUT2D eigenvalue weighted by molar-refractivity contribution is -0.122. The Morgan fingerprint density at radius 2 is 2.05 bits per heavy atom. The highest BCUT2D eigenvalue weighted by molar-refractivity contribution is 5.76. The minimum Gasteiger partial charge on any atom is -0.408 e. The fourth-order valence-electron chi connectivity index (χ4n) is 3.00. The van der Waals surface area contributed by atoms with Crippen LogP contribution in [0.25, 0.3) is 11.1 Å². The van der Waals surface area contributed by atoms with E-state index in [0.717, 1.165) is 25.7 Å². The Labute approximate surface area is 127 Å². The number of fused-ring (bicyclic) bond motifs is 1. The molecule has 2 aromatic rings. The van der Waals surface area contributed by atoms with Crippen molar-refractivity contribution in [2.75, 3.05) is 6.54 Å². The van der Waals surface area contributed by atoms with Crippen LogP contribution in [0.3, 0.4) is 0 Å². The van der Waals surface area contributed by atoms with Gasteiger partial charge in [-0.15, -0.1) is 0 Å². The third-order valence-corrected chi connectivity index (χ3v) is 4.29. The van der Waals surface area contributed by atoms with E-state index in [1.54, 1.807) is 18.2 Å². The van der Waals surface area contributed by atoms with Gasteiger partial charge in [0.2, 0.25) is 5.91 Å². The van der Waals surface area contributed by atoms with Crippen molar-refractivity contribution >= 4 is 17.0 Å². The molecule has 1 amide bonds. The lowest BCUT2D eigenvalue weighted by atomic mass is 10.0. The molecule has 1 heterocycles. The number of aliphatic hydroxyl groups is 1. The highest BCUT2D eigenvalue weighted by atomic mass is 16.4. The van der Waals surface area contributed by atoms with Gasteiger partial charge in [0.25, 0.3) is 0 Å². The summed E-state index contributed by atoms with van der Waals surface area (Å²) < 4.78 is 6.58. The van der Waals surface area contributed by atoms with Crippen molar-refractivity contribution in [2.45, 2.75) is 44.2 Å². The highest BCUT2D eigenvalue weighted by Gasteiger charge is 2.31. The van der Waals surface area contributed by atoms with Crippen LogP contribution in [0.1, 0.15) is 32.1 Å². The van der Waals surface area contributed by atoms with Crippen LogP contribution in [0.5, 0.6) is 0 Å². The number of aromatic nitrogens is 1. The third-order valence-electron chi connectivity index (χ3n) is 4.29. The maximum atomic E-state index is 11.9. The van der Waals surface area contributed by atoms with E-state index in [2.05, 4.69) is 5.32 Å². The zero-order valence-corrected chi connectivity index (χ0v) is 12.4. The first-order valence-corrected chi connectivity index (χ1v) is 7.65. The number of para-hydroxylation sites is 2. The van der Waals surface area contributed by atoms with E-state index in [1.165, 1.54) is 4.57 Å². The standard InChI is InChI=1S/C16H20N2O4/c19-14(17-11-16(21)8-3-4-9-16)7-10-18-12-5-1-2-6-13(12)22-15(18)20/h1-2,5-6,21H,3-4,7-11H2,(H,17,19). The minimum atomic E-state index is -0.755. The van der Waals surface area contributed by atoms with E-state index in [9.17, 15) is 14.7 Å². The molecule has 0 atom stereocenters. The number of amides is 1. The van der Waals surface area contributed by atoms with Gasteiger partial charge in [0.15, 0.2) is 5.58 Å². The zero-order chi connectivity index (χ0) is 15.6. The SMILES string of the molecule is O=C(CCn1c(=O)oc2ccccc21)NCC1(O)CCCC1. The fraction of sp³-hybridized carbons (Fsp3) is 0.500. The molecule has 6 nitrogen and oxygen atoms in total. The number of benzene rings is 1. The van der Waals surface area contributed by atoms with Gasteiger partial charge in [-0.1, -0.05) is 25.0 Å². The van der Waals surface area contributed by atoms with Crippen molar-refractivity contribution in [3.05, 3.63) is 34.8 Å². The fourth-order valence-corrected chi connectivity index (χ4v) is 3.00.